The SMILES string of the molecule is CCc1cc(OCc2cccc(-c3ccc(Cl)c(C(=O)O)c3)c2)ccc1C(C)=O. The van der Waals surface area contributed by atoms with E-state index in [2.05, 4.69) is 0 Å². The Morgan fingerprint density at radius 2 is 1.72 bits per heavy atom. The van der Waals surface area contributed by atoms with Crippen molar-refractivity contribution in [3.05, 3.63) is 87.9 Å². The number of carboxylic acids is 1. The minimum atomic E-state index is -1.06. The number of carbonyl (C=O) groups is 2. The van der Waals surface area contributed by atoms with Crippen LogP contribution in [0.15, 0.2) is 60.7 Å². The van der Waals surface area contributed by atoms with Gasteiger partial charge in [-0.05, 0) is 72.0 Å². The summed E-state index contributed by atoms with van der Waals surface area (Å²) in [6.07, 6.45) is 0.754. The van der Waals surface area contributed by atoms with Crippen LogP contribution in [-0.4, -0.2) is 16.9 Å². The lowest BCUT2D eigenvalue weighted by atomic mass is 10.0. The molecular formula is C24H21ClO4. The monoisotopic (exact) mass is 408 g/mol. The molecule has 0 aromatic heterocycles. The van der Waals surface area contributed by atoms with Crippen molar-refractivity contribution >= 4 is 23.4 Å². The summed E-state index contributed by atoms with van der Waals surface area (Å²) in [4.78, 5) is 23.0. The molecule has 0 fully saturated rings. The smallest absolute Gasteiger partial charge is 0.337 e. The molecule has 1 N–H and O–H groups in total. The number of carboxylic acid groups (broad SMARTS) is 1. The highest BCUT2D eigenvalue weighted by Crippen LogP contribution is 2.27. The molecule has 0 heterocycles. The van der Waals surface area contributed by atoms with E-state index in [0.29, 0.717) is 12.4 Å². The summed E-state index contributed by atoms with van der Waals surface area (Å²) in [7, 11) is 0. The molecule has 0 saturated carbocycles. The summed E-state index contributed by atoms with van der Waals surface area (Å²) >= 11 is 5.96. The number of rotatable bonds is 7. The zero-order valence-corrected chi connectivity index (χ0v) is 17.0. The molecule has 3 aromatic carbocycles. The lowest BCUT2D eigenvalue weighted by Crippen LogP contribution is -2.01. The normalized spacial score (nSPS) is 10.6. The van der Waals surface area contributed by atoms with Gasteiger partial charge < -0.3 is 9.84 Å². The quantitative estimate of drug-likeness (QED) is 0.483. The third kappa shape index (κ3) is 4.84. The largest absolute Gasteiger partial charge is 0.489 e. The van der Waals surface area contributed by atoms with Crippen LogP contribution in [-0.2, 0) is 13.0 Å². The van der Waals surface area contributed by atoms with Crippen molar-refractivity contribution in [2.45, 2.75) is 26.9 Å². The molecular weight excluding hydrogens is 388 g/mol. The van der Waals surface area contributed by atoms with Crippen LogP contribution in [0, 0.1) is 0 Å². The van der Waals surface area contributed by atoms with Gasteiger partial charge in [0.05, 0.1) is 10.6 Å². The van der Waals surface area contributed by atoms with E-state index in [0.717, 1.165) is 34.2 Å². The van der Waals surface area contributed by atoms with Gasteiger partial charge >= 0.3 is 5.97 Å². The minimum absolute atomic E-state index is 0.0461. The van der Waals surface area contributed by atoms with Gasteiger partial charge in [0.25, 0.3) is 0 Å². The van der Waals surface area contributed by atoms with Gasteiger partial charge in [-0.25, -0.2) is 4.79 Å². The molecule has 3 rings (SSSR count). The van der Waals surface area contributed by atoms with Crippen molar-refractivity contribution < 1.29 is 19.4 Å². The van der Waals surface area contributed by atoms with E-state index in [1.165, 1.54) is 0 Å². The second-order valence-electron chi connectivity index (χ2n) is 6.72. The van der Waals surface area contributed by atoms with Crippen LogP contribution in [0.3, 0.4) is 0 Å². The molecule has 5 heteroatoms. The van der Waals surface area contributed by atoms with Crippen molar-refractivity contribution in [3.63, 3.8) is 0 Å². The van der Waals surface area contributed by atoms with Gasteiger partial charge in [-0.3, -0.25) is 4.79 Å². The number of carbonyl (C=O) groups excluding carboxylic acids is 1. The first-order chi connectivity index (χ1) is 13.9. The number of aryl methyl sites for hydroxylation is 1. The minimum Gasteiger partial charge on any atom is -0.489 e. The molecule has 3 aromatic rings. The van der Waals surface area contributed by atoms with E-state index < -0.39 is 5.97 Å². The fraction of sp³-hybridized carbons (Fsp3) is 0.167. The van der Waals surface area contributed by atoms with Crippen molar-refractivity contribution in [2.24, 2.45) is 0 Å². The summed E-state index contributed by atoms with van der Waals surface area (Å²) in [6.45, 7) is 3.93. The van der Waals surface area contributed by atoms with Crippen LogP contribution in [0.2, 0.25) is 5.02 Å². The third-order valence-corrected chi connectivity index (χ3v) is 5.03. The van der Waals surface area contributed by atoms with Crippen LogP contribution < -0.4 is 4.74 Å². The lowest BCUT2D eigenvalue weighted by molar-refractivity contribution is 0.0697. The van der Waals surface area contributed by atoms with Gasteiger partial charge in [-0.1, -0.05) is 42.8 Å². The highest BCUT2D eigenvalue weighted by molar-refractivity contribution is 6.33. The Labute approximate surface area is 174 Å². The zero-order valence-electron chi connectivity index (χ0n) is 16.2. The summed E-state index contributed by atoms with van der Waals surface area (Å²) in [5, 5.41) is 9.48. The highest BCUT2D eigenvalue weighted by Gasteiger charge is 2.11. The fourth-order valence-electron chi connectivity index (χ4n) is 3.17. The Balaban J connectivity index is 1.80. The average molecular weight is 409 g/mol. The Kier molecular flexibility index (Phi) is 6.35. The Morgan fingerprint density at radius 3 is 2.41 bits per heavy atom. The molecule has 0 bridgehead atoms. The van der Waals surface area contributed by atoms with Crippen molar-refractivity contribution in [2.75, 3.05) is 0 Å². The number of Topliss-reactive ketones (excluding diaryl/α,β-unsaturated/α-hetero) is 1. The number of hydrogen-bond donors (Lipinski definition) is 1. The number of benzene rings is 3. The topological polar surface area (TPSA) is 63.6 Å². The number of aromatic carboxylic acids is 1. The molecule has 4 nitrogen and oxygen atoms in total. The van der Waals surface area contributed by atoms with E-state index >= 15 is 0 Å². The highest BCUT2D eigenvalue weighted by atomic mass is 35.5. The molecule has 0 amide bonds. The van der Waals surface area contributed by atoms with Gasteiger partial charge in [0.2, 0.25) is 0 Å². The second kappa shape index (κ2) is 8.93. The van der Waals surface area contributed by atoms with Gasteiger partial charge in [0.15, 0.2) is 5.78 Å². The molecule has 0 aliphatic carbocycles. The van der Waals surface area contributed by atoms with Crippen LogP contribution in [0.25, 0.3) is 11.1 Å². The van der Waals surface area contributed by atoms with Gasteiger partial charge in [0.1, 0.15) is 12.4 Å². The van der Waals surface area contributed by atoms with E-state index in [1.807, 2.05) is 37.3 Å². The van der Waals surface area contributed by atoms with Crippen molar-refractivity contribution in [1.82, 2.24) is 0 Å². The molecule has 0 unspecified atom stereocenters. The number of halogens is 1. The maximum atomic E-state index is 11.7. The first-order valence-electron chi connectivity index (χ1n) is 9.28. The fourth-order valence-corrected chi connectivity index (χ4v) is 3.37. The molecule has 0 radical (unpaired) electrons. The lowest BCUT2D eigenvalue weighted by Gasteiger charge is -2.11. The maximum Gasteiger partial charge on any atom is 0.337 e. The molecule has 0 aliphatic heterocycles. The van der Waals surface area contributed by atoms with Gasteiger partial charge in [0, 0.05) is 5.56 Å². The zero-order chi connectivity index (χ0) is 21.0. The van der Waals surface area contributed by atoms with Crippen molar-refractivity contribution in [3.8, 4) is 16.9 Å². The molecule has 0 spiro atoms. The predicted molar refractivity (Wildman–Crippen MR) is 114 cm³/mol. The number of ether oxygens (including phenoxy) is 1. The standard InChI is InChI=1S/C24H21ClO4/c1-3-17-12-20(8-9-21(17)15(2)26)29-14-16-5-4-6-18(11-16)19-7-10-23(25)22(13-19)24(27)28/h4-13H,3,14H2,1-2H3,(H,27,28). The van der Waals surface area contributed by atoms with Crippen LogP contribution in [0.5, 0.6) is 5.75 Å². The Bertz CT molecular complexity index is 1070. The van der Waals surface area contributed by atoms with Gasteiger partial charge in [-0.2, -0.15) is 0 Å². The second-order valence-corrected chi connectivity index (χ2v) is 7.12. The van der Waals surface area contributed by atoms with E-state index in [9.17, 15) is 14.7 Å². The molecule has 0 aliphatic rings. The summed E-state index contributed by atoms with van der Waals surface area (Å²) in [5.41, 5.74) is 4.36. The predicted octanol–water partition coefficient (Wildman–Crippen LogP) is 6.05. The Hall–Kier alpha value is -3.11. The summed E-state index contributed by atoms with van der Waals surface area (Å²) < 4.78 is 5.91. The third-order valence-electron chi connectivity index (χ3n) is 4.70. The average Bonchev–Trinajstić information content (AvgIpc) is 2.72. The van der Waals surface area contributed by atoms with E-state index in [-0.39, 0.29) is 16.4 Å². The van der Waals surface area contributed by atoms with Crippen LogP contribution in [0.4, 0.5) is 0 Å². The van der Waals surface area contributed by atoms with Crippen molar-refractivity contribution in [1.29, 1.82) is 0 Å². The number of ketones is 1. The molecule has 0 saturated heterocycles. The Morgan fingerprint density at radius 1 is 0.966 bits per heavy atom. The van der Waals surface area contributed by atoms with E-state index in [4.69, 9.17) is 16.3 Å². The first kappa shape index (κ1) is 20.6. The number of hydrogen-bond acceptors (Lipinski definition) is 3. The van der Waals surface area contributed by atoms with Crippen LogP contribution >= 0.6 is 11.6 Å². The molecule has 148 valence electrons. The summed E-state index contributed by atoms with van der Waals surface area (Å²) in [6, 6.07) is 18.2. The first-order valence-corrected chi connectivity index (χ1v) is 9.65. The van der Waals surface area contributed by atoms with E-state index in [1.54, 1.807) is 37.3 Å². The maximum absolute atomic E-state index is 11.7. The molecule has 29 heavy (non-hydrogen) atoms. The summed E-state index contributed by atoms with van der Waals surface area (Å²) in [5.74, 6) is -0.307. The van der Waals surface area contributed by atoms with Gasteiger partial charge in [-0.15, -0.1) is 0 Å². The molecule has 0 atom stereocenters. The van der Waals surface area contributed by atoms with Crippen LogP contribution in [0.1, 0.15) is 45.7 Å².